The number of thioether (sulfide) groups is 1. The zero-order chi connectivity index (χ0) is 14.9. The van der Waals surface area contributed by atoms with E-state index >= 15 is 0 Å². The van der Waals surface area contributed by atoms with Crippen LogP contribution in [0.3, 0.4) is 0 Å². The molecule has 1 aromatic carbocycles. The Hall–Kier alpha value is -1.82. The Kier molecular flexibility index (Phi) is 4.13. The summed E-state index contributed by atoms with van der Waals surface area (Å²) < 4.78 is 0. The highest BCUT2D eigenvalue weighted by Crippen LogP contribution is 2.25. The average molecular weight is 293 g/mol. The lowest BCUT2D eigenvalue weighted by atomic mass is 10.1. The second kappa shape index (κ2) is 5.66. The van der Waals surface area contributed by atoms with Gasteiger partial charge in [-0.2, -0.15) is 11.8 Å². The molecule has 1 atom stereocenters. The third-order valence-electron chi connectivity index (χ3n) is 3.16. The molecule has 0 aromatic heterocycles. The fraction of sp³-hybridized carbons (Fsp3) is 0.357. The van der Waals surface area contributed by atoms with Crippen molar-refractivity contribution in [2.45, 2.75) is 6.92 Å². The number of carbonyl (C=O) groups excluding carboxylic acids is 2. The van der Waals surface area contributed by atoms with Gasteiger partial charge < -0.3 is 5.11 Å². The third kappa shape index (κ3) is 2.56. The number of rotatable bonds is 5. The molecule has 1 aliphatic heterocycles. The van der Waals surface area contributed by atoms with Crippen LogP contribution in [0.5, 0.6) is 0 Å². The Bertz CT molecular complexity index is 585. The minimum atomic E-state index is -1.11. The Morgan fingerprint density at radius 2 is 1.95 bits per heavy atom. The molecular formula is C14H15NO4S. The van der Waals surface area contributed by atoms with E-state index < -0.39 is 11.9 Å². The van der Waals surface area contributed by atoms with E-state index in [-0.39, 0.29) is 28.5 Å². The van der Waals surface area contributed by atoms with Gasteiger partial charge in [0.2, 0.25) is 0 Å². The van der Waals surface area contributed by atoms with E-state index in [0.717, 1.165) is 5.75 Å². The Morgan fingerprint density at radius 1 is 1.30 bits per heavy atom. The van der Waals surface area contributed by atoms with E-state index in [0.29, 0.717) is 6.54 Å². The van der Waals surface area contributed by atoms with Crippen LogP contribution >= 0.6 is 11.8 Å². The topological polar surface area (TPSA) is 74.7 Å². The van der Waals surface area contributed by atoms with E-state index in [9.17, 15) is 14.4 Å². The summed E-state index contributed by atoms with van der Waals surface area (Å²) >= 11 is 1.66. The molecular weight excluding hydrogens is 278 g/mol. The maximum atomic E-state index is 12.2. The molecule has 0 fully saturated rings. The van der Waals surface area contributed by atoms with Crippen molar-refractivity contribution in [3.05, 3.63) is 34.9 Å². The summed E-state index contributed by atoms with van der Waals surface area (Å²) in [7, 11) is 0. The van der Waals surface area contributed by atoms with Crippen molar-refractivity contribution in [1.29, 1.82) is 0 Å². The fourth-order valence-corrected chi connectivity index (χ4v) is 2.91. The SMILES string of the molecule is CSCC(C)CN1C(=O)c2ccc(C(=O)O)cc2C1=O. The maximum absolute atomic E-state index is 12.2. The highest BCUT2D eigenvalue weighted by atomic mass is 32.2. The number of hydrogen-bond acceptors (Lipinski definition) is 4. The van der Waals surface area contributed by atoms with Crippen molar-refractivity contribution >= 4 is 29.5 Å². The molecule has 106 valence electrons. The monoisotopic (exact) mass is 293 g/mol. The highest BCUT2D eigenvalue weighted by Gasteiger charge is 2.36. The standard InChI is InChI=1S/C14H15NO4S/c1-8(7-20-2)6-15-12(16)10-4-3-9(14(18)19)5-11(10)13(15)17/h3-5,8H,6-7H2,1-2H3,(H,18,19). The van der Waals surface area contributed by atoms with Crippen LogP contribution in [0.15, 0.2) is 18.2 Å². The number of aromatic carboxylic acids is 1. The van der Waals surface area contributed by atoms with Gasteiger partial charge in [-0.1, -0.05) is 6.92 Å². The lowest BCUT2D eigenvalue weighted by molar-refractivity contribution is 0.0636. The van der Waals surface area contributed by atoms with Crippen molar-refractivity contribution in [2.75, 3.05) is 18.6 Å². The van der Waals surface area contributed by atoms with Gasteiger partial charge in [-0.15, -0.1) is 0 Å². The number of imide groups is 1. The van der Waals surface area contributed by atoms with E-state index in [2.05, 4.69) is 0 Å². The van der Waals surface area contributed by atoms with Gasteiger partial charge in [0, 0.05) is 6.54 Å². The summed E-state index contributed by atoms with van der Waals surface area (Å²) in [6, 6.07) is 4.04. The Labute approximate surface area is 121 Å². The Morgan fingerprint density at radius 3 is 2.55 bits per heavy atom. The van der Waals surface area contributed by atoms with Crippen LogP contribution in [0.1, 0.15) is 38.0 Å². The minimum Gasteiger partial charge on any atom is -0.478 e. The van der Waals surface area contributed by atoms with Crippen LogP contribution in [0.4, 0.5) is 0 Å². The van der Waals surface area contributed by atoms with Crippen LogP contribution < -0.4 is 0 Å². The molecule has 0 radical (unpaired) electrons. The first-order chi connectivity index (χ1) is 9.45. The highest BCUT2D eigenvalue weighted by molar-refractivity contribution is 7.98. The summed E-state index contributed by atoms with van der Waals surface area (Å²) in [5.41, 5.74) is 0.492. The molecule has 1 aliphatic rings. The molecule has 1 N–H and O–H groups in total. The largest absolute Gasteiger partial charge is 0.478 e. The molecule has 5 nitrogen and oxygen atoms in total. The molecule has 1 unspecified atom stereocenters. The molecule has 0 bridgehead atoms. The lowest BCUT2D eigenvalue weighted by Crippen LogP contribution is -2.34. The number of hydrogen-bond donors (Lipinski definition) is 1. The van der Waals surface area contributed by atoms with Crippen LogP contribution in [0.25, 0.3) is 0 Å². The third-order valence-corrected chi connectivity index (χ3v) is 4.07. The quantitative estimate of drug-likeness (QED) is 0.840. The summed E-state index contributed by atoms with van der Waals surface area (Å²) in [6.07, 6.45) is 1.97. The van der Waals surface area contributed by atoms with Gasteiger partial charge in [0.1, 0.15) is 0 Å². The Balaban J connectivity index is 2.28. The van der Waals surface area contributed by atoms with Crippen molar-refractivity contribution < 1.29 is 19.5 Å². The molecule has 2 rings (SSSR count). The first-order valence-electron chi connectivity index (χ1n) is 6.18. The number of amides is 2. The molecule has 20 heavy (non-hydrogen) atoms. The van der Waals surface area contributed by atoms with Gasteiger partial charge >= 0.3 is 5.97 Å². The van der Waals surface area contributed by atoms with Crippen LogP contribution in [-0.4, -0.2) is 46.3 Å². The molecule has 0 saturated carbocycles. The van der Waals surface area contributed by atoms with Gasteiger partial charge in [-0.25, -0.2) is 4.79 Å². The molecule has 2 amide bonds. The number of benzene rings is 1. The molecule has 1 heterocycles. The lowest BCUT2D eigenvalue weighted by Gasteiger charge is -2.18. The fourth-order valence-electron chi connectivity index (χ4n) is 2.24. The summed E-state index contributed by atoms with van der Waals surface area (Å²) in [4.78, 5) is 36.5. The number of nitrogens with zero attached hydrogens (tertiary/aromatic N) is 1. The predicted octanol–water partition coefficient (Wildman–Crippen LogP) is 1.98. The summed E-state index contributed by atoms with van der Waals surface area (Å²) in [5, 5.41) is 8.94. The molecule has 1 aromatic rings. The number of carbonyl (C=O) groups is 3. The van der Waals surface area contributed by atoms with Gasteiger partial charge in [-0.05, 0) is 36.1 Å². The molecule has 0 aliphatic carbocycles. The first-order valence-corrected chi connectivity index (χ1v) is 7.57. The van der Waals surface area contributed by atoms with Crippen molar-refractivity contribution in [3.8, 4) is 0 Å². The summed E-state index contributed by atoms with van der Waals surface area (Å²) in [5.74, 6) is -0.794. The first kappa shape index (κ1) is 14.6. The maximum Gasteiger partial charge on any atom is 0.335 e. The van der Waals surface area contributed by atoms with Crippen LogP contribution in [-0.2, 0) is 0 Å². The van der Waals surface area contributed by atoms with E-state index in [4.69, 9.17) is 5.11 Å². The second-order valence-corrected chi connectivity index (χ2v) is 5.76. The van der Waals surface area contributed by atoms with Gasteiger partial charge in [0.15, 0.2) is 0 Å². The second-order valence-electron chi connectivity index (χ2n) is 4.85. The zero-order valence-electron chi connectivity index (χ0n) is 11.3. The van der Waals surface area contributed by atoms with Crippen molar-refractivity contribution in [2.24, 2.45) is 5.92 Å². The smallest absolute Gasteiger partial charge is 0.335 e. The van der Waals surface area contributed by atoms with Gasteiger partial charge in [-0.3, -0.25) is 14.5 Å². The number of carboxylic acid groups (broad SMARTS) is 1. The van der Waals surface area contributed by atoms with E-state index in [1.807, 2.05) is 13.2 Å². The molecule has 0 spiro atoms. The number of fused-ring (bicyclic) bond motifs is 1. The number of carboxylic acids is 1. The van der Waals surface area contributed by atoms with Crippen LogP contribution in [0.2, 0.25) is 0 Å². The molecule has 6 heteroatoms. The average Bonchev–Trinajstić information content (AvgIpc) is 2.64. The normalized spacial score (nSPS) is 15.4. The van der Waals surface area contributed by atoms with Crippen molar-refractivity contribution in [1.82, 2.24) is 4.90 Å². The van der Waals surface area contributed by atoms with E-state index in [1.54, 1.807) is 11.8 Å². The summed E-state index contributed by atoms with van der Waals surface area (Å²) in [6.45, 7) is 2.33. The van der Waals surface area contributed by atoms with Crippen molar-refractivity contribution in [3.63, 3.8) is 0 Å². The zero-order valence-corrected chi connectivity index (χ0v) is 12.1. The predicted molar refractivity (Wildman–Crippen MR) is 76.3 cm³/mol. The van der Waals surface area contributed by atoms with E-state index in [1.165, 1.54) is 23.1 Å². The van der Waals surface area contributed by atoms with Crippen LogP contribution in [0, 0.1) is 5.92 Å². The minimum absolute atomic E-state index is 0.0175. The van der Waals surface area contributed by atoms with Gasteiger partial charge in [0.05, 0.1) is 16.7 Å². The molecule has 0 saturated heterocycles. The van der Waals surface area contributed by atoms with Gasteiger partial charge in [0.25, 0.3) is 11.8 Å².